The van der Waals surface area contributed by atoms with Gasteiger partial charge in [-0.3, -0.25) is 4.79 Å². The van der Waals surface area contributed by atoms with Gasteiger partial charge in [-0.2, -0.15) is 0 Å². The number of hydrogen-bond acceptors (Lipinski definition) is 4. The van der Waals surface area contributed by atoms with Crippen molar-refractivity contribution in [3.63, 3.8) is 0 Å². The van der Waals surface area contributed by atoms with Crippen molar-refractivity contribution in [3.8, 4) is 0 Å². The number of carbonyl (C=O) groups is 2. The van der Waals surface area contributed by atoms with E-state index in [1.165, 1.54) is 4.90 Å². The molecule has 0 unspecified atom stereocenters. The van der Waals surface area contributed by atoms with Gasteiger partial charge in [-0.05, 0) is 32.4 Å². The maximum atomic E-state index is 12.7. The molecule has 20 heavy (non-hydrogen) atoms. The van der Waals surface area contributed by atoms with Crippen LogP contribution in [0.1, 0.15) is 26.3 Å². The van der Waals surface area contributed by atoms with Crippen molar-refractivity contribution in [1.29, 1.82) is 0 Å². The van der Waals surface area contributed by atoms with E-state index in [9.17, 15) is 9.59 Å². The van der Waals surface area contributed by atoms with Gasteiger partial charge in [0.1, 0.15) is 11.0 Å². The summed E-state index contributed by atoms with van der Waals surface area (Å²) in [6.07, 6.45) is -0.598. The minimum absolute atomic E-state index is 0.188. The van der Waals surface area contributed by atoms with E-state index >= 15 is 0 Å². The largest absolute Gasteiger partial charge is 0.443 e. The van der Waals surface area contributed by atoms with Crippen molar-refractivity contribution in [3.05, 3.63) is 29.8 Å². The molecule has 0 atom stereocenters. The highest BCUT2D eigenvalue weighted by molar-refractivity contribution is 6.21. The molecule has 0 bridgehead atoms. The average Bonchev–Trinajstić information content (AvgIpc) is 2.54. The molecule has 2 amide bonds. The summed E-state index contributed by atoms with van der Waals surface area (Å²) in [7, 11) is 0. The van der Waals surface area contributed by atoms with Gasteiger partial charge in [0.05, 0.1) is 5.69 Å². The standard InChI is InChI=1S/C15H18N2O3/c1-14(2,3)20-13(19)17-11-7-5-4-6-10(11)15(12(17)18)8-16-9-15/h4-7,16H,8-9H2,1-3H3. The van der Waals surface area contributed by atoms with E-state index in [1.807, 2.05) is 18.2 Å². The first-order valence-corrected chi connectivity index (χ1v) is 6.73. The van der Waals surface area contributed by atoms with Crippen molar-refractivity contribution in [2.45, 2.75) is 31.8 Å². The third-order valence-corrected chi connectivity index (χ3v) is 3.70. The Balaban J connectivity index is 2.01. The fraction of sp³-hybridized carbons (Fsp3) is 0.467. The van der Waals surface area contributed by atoms with Crippen LogP contribution < -0.4 is 10.2 Å². The summed E-state index contributed by atoms with van der Waals surface area (Å²) in [5, 5.41) is 3.12. The van der Waals surface area contributed by atoms with E-state index in [-0.39, 0.29) is 5.91 Å². The minimum Gasteiger partial charge on any atom is -0.443 e. The van der Waals surface area contributed by atoms with E-state index in [0.29, 0.717) is 18.8 Å². The van der Waals surface area contributed by atoms with Gasteiger partial charge in [0.15, 0.2) is 0 Å². The molecule has 1 N–H and O–H groups in total. The van der Waals surface area contributed by atoms with Gasteiger partial charge in [0, 0.05) is 13.1 Å². The Morgan fingerprint density at radius 3 is 2.50 bits per heavy atom. The Labute approximate surface area is 117 Å². The molecule has 2 aliphatic rings. The second-order valence-corrected chi connectivity index (χ2v) is 6.32. The van der Waals surface area contributed by atoms with E-state index in [2.05, 4.69) is 5.32 Å². The van der Waals surface area contributed by atoms with E-state index < -0.39 is 17.1 Å². The Kier molecular flexibility index (Phi) is 2.66. The van der Waals surface area contributed by atoms with Crippen LogP contribution in [0.5, 0.6) is 0 Å². The number of carbonyl (C=O) groups excluding carboxylic acids is 2. The number of rotatable bonds is 0. The first kappa shape index (κ1) is 13.1. The lowest BCUT2D eigenvalue weighted by Gasteiger charge is -2.37. The lowest BCUT2D eigenvalue weighted by atomic mass is 9.76. The number of amides is 2. The maximum Gasteiger partial charge on any atom is 0.421 e. The molecular formula is C15H18N2O3. The molecule has 2 heterocycles. The highest BCUT2D eigenvalue weighted by Crippen LogP contribution is 2.44. The number of nitrogens with one attached hydrogen (secondary N) is 1. The predicted molar refractivity (Wildman–Crippen MR) is 74.7 cm³/mol. The summed E-state index contributed by atoms with van der Waals surface area (Å²) in [5.41, 5.74) is 0.343. The van der Waals surface area contributed by atoms with Crippen molar-refractivity contribution >= 4 is 17.7 Å². The second kappa shape index (κ2) is 4.06. The zero-order valence-corrected chi connectivity index (χ0v) is 11.9. The molecule has 1 aromatic carbocycles. The van der Waals surface area contributed by atoms with E-state index in [4.69, 9.17) is 4.74 Å². The van der Waals surface area contributed by atoms with Crippen LogP contribution in [-0.4, -0.2) is 30.7 Å². The van der Waals surface area contributed by atoms with Crippen LogP contribution in [0.25, 0.3) is 0 Å². The summed E-state index contributed by atoms with van der Waals surface area (Å²) in [6, 6.07) is 7.43. The molecule has 0 radical (unpaired) electrons. The smallest absolute Gasteiger partial charge is 0.421 e. The summed E-state index contributed by atoms with van der Waals surface area (Å²) >= 11 is 0. The normalized spacial score (nSPS) is 19.8. The fourth-order valence-corrected chi connectivity index (χ4v) is 2.72. The fourth-order valence-electron chi connectivity index (χ4n) is 2.72. The lowest BCUT2D eigenvalue weighted by Crippen LogP contribution is -2.62. The number of benzene rings is 1. The number of para-hydroxylation sites is 1. The first-order valence-electron chi connectivity index (χ1n) is 6.73. The summed E-state index contributed by atoms with van der Waals surface area (Å²) in [4.78, 5) is 26.2. The Hall–Kier alpha value is -1.88. The maximum absolute atomic E-state index is 12.7. The summed E-state index contributed by atoms with van der Waals surface area (Å²) < 4.78 is 5.36. The number of nitrogens with zero attached hydrogens (tertiary/aromatic N) is 1. The highest BCUT2D eigenvalue weighted by Gasteiger charge is 2.57. The van der Waals surface area contributed by atoms with Crippen LogP contribution in [0.3, 0.4) is 0 Å². The van der Waals surface area contributed by atoms with Crippen molar-refractivity contribution in [2.24, 2.45) is 0 Å². The van der Waals surface area contributed by atoms with Crippen LogP contribution >= 0.6 is 0 Å². The molecule has 1 aromatic rings. The van der Waals surface area contributed by atoms with Gasteiger partial charge in [0.2, 0.25) is 5.91 Å². The van der Waals surface area contributed by atoms with Crippen LogP contribution in [0, 0.1) is 0 Å². The van der Waals surface area contributed by atoms with Crippen LogP contribution in [0.15, 0.2) is 24.3 Å². The number of hydrogen-bond donors (Lipinski definition) is 1. The molecule has 2 aliphatic heterocycles. The molecule has 5 heteroatoms. The second-order valence-electron chi connectivity index (χ2n) is 6.32. The molecule has 106 valence electrons. The third kappa shape index (κ3) is 1.73. The number of anilines is 1. The molecule has 0 aromatic heterocycles. The zero-order valence-electron chi connectivity index (χ0n) is 11.9. The topological polar surface area (TPSA) is 58.6 Å². The van der Waals surface area contributed by atoms with Crippen LogP contribution in [-0.2, 0) is 14.9 Å². The highest BCUT2D eigenvalue weighted by atomic mass is 16.6. The number of fused-ring (bicyclic) bond motifs is 2. The average molecular weight is 274 g/mol. The van der Waals surface area contributed by atoms with E-state index in [1.54, 1.807) is 26.8 Å². The van der Waals surface area contributed by atoms with Gasteiger partial charge in [-0.15, -0.1) is 0 Å². The van der Waals surface area contributed by atoms with Gasteiger partial charge < -0.3 is 10.1 Å². The minimum atomic E-state index is -0.625. The van der Waals surface area contributed by atoms with Crippen molar-refractivity contribution in [1.82, 2.24) is 5.32 Å². The van der Waals surface area contributed by atoms with Gasteiger partial charge in [0.25, 0.3) is 0 Å². The summed E-state index contributed by atoms with van der Waals surface area (Å²) in [6.45, 7) is 6.51. The molecule has 3 rings (SSSR count). The molecule has 0 aliphatic carbocycles. The number of ether oxygens (including phenoxy) is 1. The lowest BCUT2D eigenvalue weighted by molar-refractivity contribution is -0.124. The molecular weight excluding hydrogens is 256 g/mol. The quantitative estimate of drug-likeness (QED) is 0.784. The predicted octanol–water partition coefficient (Wildman–Crippen LogP) is 1.81. The molecule has 1 fully saturated rings. The molecule has 1 saturated heterocycles. The monoisotopic (exact) mass is 274 g/mol. The third-order valence-electron chi connectivity index (χ3n) is 3.70. The molecule has 0 saturated carbocycles. The zero-order chi connectivity index (χ0) is 14.5. The first-order chi connectivity index (χ1) is 9.35. The van der Waals surface area contributed by atoms with Crippen LogP contribution in [0.2, 0.25) is 0 Å². The SMILES string of the molecule is CC(C)(C)OC(=O)N1C(=O)C2(CNC2)c2ccccc21. The van der Waals surface area contributed by atoms with Crippen molar-refractivity contribution < 1.29 is 14.3 Å². The Bertz CT molecular complexity index is 585. The molecule has 5 nitrogen and oxygen atoms in total. The van der Waals surface area contributed by atoms with Crippen LogP contribution in [0.4, 0.5) is 10.5 Å². The van der Waals surface area contributed by atoms with E-state index in [0.717, 1.165) is 5.56 Å². The van der Waals surface area contributed by atoms with Gasteiger partial charge >= 0.3 is 6.09 Å². The summed E-state index contributed by atoms with van der Waals surface area (Å²) in [5.74, 6) is -0.188. The van der Waals surface area contributed by atoms with Crippen molar-refractivity contribution in [2.75, 3.05) is 18.0 Å². The van der Waals surface area contributed by atoms with Gasteiger partial charge in [-0.1, -0.05) is 18.2 Å². The Morgan fingerprint density at radius 2 is 1.95 bits per heavy atom. The van der Waals surface area contributed by atoms with Gasteiger partial charge in [-0.25, -0.2) is 9.69 Å². The number of imide groups is 1. The molecule has 1 spiro atoms. The Morgan fingerprint density at radius 1 is 1.30 bits per heavy atom.